The summed E-state index contributed by atoms with van der Waals surface area (Å²) < 4.78 is 5.31. The van der Waals surface area contributed by atoms with Crippen LogP contribution in [0.15, 0.2) is 5.38 Å². The second-order valence-corrected chi connectivity index (χ2v) is 4.84. The Bertz CT molecular complexity index is 267. The first-order valence-corrected chi connectivity index (χ1v) is 6.43. The number of aromatic nitrogens is 1. The minimum Gasteiger partial charge on any atom is -0.380 e. The molecular formula is C9H15BrN2OS. The number of thiazole rings is 1. The molecule has 80 valence electrons. The van der Waals surface area contributed by atoms with Gasteiger partial charge in [-0.1, -0.05) is 15.9 Å². The molecule has 3 nitrogen and oxygen atoms in total. The number of ether oxygens (including phenoxy) is 1. The maximum absolute atomic E-state index is 5.45. The van der Waals surface area contributed by atoms with Gasteiger partial charge in [0.15, 0.2) is 0 Å². The molecule has 1 aromatic rings. The molecule has 0 saturated heterocycles. The number of halogens is 1. The fraction of sp³-hybridized carbons (Fsp3) is 0.667. The van der Waals surface area contributed by atoms with E-state index in [2.05, 4.69) is 26.3 Å². The Morgan fingerprint density at radius 3 is 3.14 bits per heavy atom. The zero-order valence-electron chi connectivity index (χ0n) is 8.20. The molecule has 0 aliphatic rings. The fourth-order valence-corrected chi connectivity index (χ4v) is 2.45. The number of hydrogen-bond donors (Lipinski definition) is 1. The van der Waals surface area contributed by atoms with Gasteiger partial charge in [0.25, 0.3) is 0 Å². The maximum Gasteiger partial charge on any atom is 0.109 e. The van der Waals surface area contributed by atoms with E-state index in [9.17, 15) is 0 Å². The maximum atomic E-state index is 5.45. The SMILES string of the molecule is CCOCC(Br)c1nc(CCN)cs1. The first kappa shape index (κ1) is 12.1. The van der Waals surface area contributed by atoms with Crippen LogP contribution in [-0.4, -0.2) is 24.7 Å². The molecule has 0 spiro atoms. The van der Waals surface area contributed by atoms with Crippen molar-refractivity contribution < 1.29 is 4.74 Å². The lowest BCUT2D eigenvalue weighted by Gasteiger charge is -2.05. The average molecular weight is 279 g/mol. The van der Waals surface area contributed by atoms with E-state index in [1.165, 1.54) is 0 Å². The highest BCUT2D eigenvalue weighted by molar-refractivity contribution is 9.09. The van der Waals surface area contributed by atoms with Gasteiger partial charge in [-0.15, -0.1) is 11.3 Å². The van der Waals surface area contributed by atoms with Crippen molar-refractivity contribution in [3.8, 4) is 0 Å². The summed E-state index contributed by atoms with van der Waals surface area (Å²) in [5.74, 6) is 0. The Morgan fingerprint density at radius 2 is 2.50 bits per heavy atom. The van der Waals surface area contributed by atoms with Crippen molar-refractivity contribution in [3.63, 3.8) is 0 Å². The van der Waals surface area contributed by atoms with Crippen molar-refractivity contribution in [2.75, 3.05) is 19.8 Å². The van der Waals surface area contributed by atoms with Crippen LogP contribution in [0.5, 0.6) is 0 Å². The lowest BCUT2D eigenvalue weighted by atomic mass is 10.3. The largest absolute Gasteiger partial charge is 0.380 e. The lowest BCUT2D eigenvalue weighted by molar-refractivity contribution is 0.150. The number of rotatable bonds is 6. The van der Waals surface area contributed by atoms with Gasteiger partial charge in [-0.3, -0.25) is 0 Å². The van der Waals surface area contributed by atoms with E-state index in [4.69, 9.17) is 10.5 Å². The van der Waals surface area contributed by atoms with E-state index >= 15 is 0 Å². The van der Waals surface area contributed by atoms with Gasteiger partial charge >= 0.3 is 0 Å². The Balaban J connectivity index is 2.48. The van der Waals surface area contributed by atoms with Gasteiger partial charge in [0.1, 0.15) is 5.01 Å². The summed E-state index contributed by atoms with van der Waals surface area (Å²) in [6.45, 7) is 4.05. The minimum absolute atomic E-state index is 0.207. The predicted octanol–water partition coefficient (Wildman–Crippen LogP) is 2.12. The second kappa shape index (κ2) is 6.50. The van der Waals surface area contributed by atoms with Crippen LogP contribution in [0.4, 0.5) is 0 Å². The lowest BCUT2D eigenvalue weighted by Crippen LogP contribution is -2.04. The van der Waals surface area contributed by atoms with E-state index in [0.29, 0.717) is 13.2 Å². The Hall–Kier alpha value is 0.0300. The molecule has 2 N–H and O–H groups in total. The van der Waals surface area contributed by atoms with Gasteiger partial charge in [-0.2, -0.15) is 0 Å². The van der Waals surface area contributed by atoms with Gasteiger partial charge in [0.05, 0.1) is 17.1 Å². The zero-order chi connectivity index (χ0) is 10.4. The van der Waals surface area contributed by atoms with Crippen molar-refractivity contribution in [2.45, 2.75) is 18.2 Å². The summed E-state index contributed by atoms with van der Waals surface area (Å²) in [5.41, 5.74) is 6.53. The normalized spacial score (nSPS) is 13.1. The van der Waals surface area contributed by atoms with E-state index < -0.39 is 0 Å². The fourth-order valence-electron chi connectivity index (χ4n) is 1.02. The summed E-state index contributed by atoms with van der Waals surface area (Å²) in [6, 6.07) is 0. The number of nitrogens with two attached hydrogens (primary N) is 1. The van der Waals surface area contributed by atoms with Crippen molar-refractivity contribution in [3.05, 3.63) is 16.1 Å². The molecule has 0 aromatic carbocycles. The zero-order valence-corrected chi connectivity index (χ0v) is 10.6. The molecule has 5 heteroatoms. The number of nitrogens with zero attached hydrogens (tertiary/aromatic N) is 1. The van der Waals surface area contributed by atoms with Gasteiger partial charge in [0.2, 0.25) is 0 Å². The number of hydrogen-bond acceptors (Lipinski definition) is 4. The summed E-state index contributed by atoms with van der Waals surface area (Å²) in [6.07, 6.45) is 0.852. The highest BCUT2D eigenvalue weighted by Gasteiger charge is 2.11. The Labute approximate surface area is 96.8 Å². The molecule has 1 heterocycles. The van der Waals surface area contributed by atoms with Crippen LogP contribution in [0.1, 0.15) is 22.5 Å². The third-order valence-electron chi connectivity index (χ3n) is 1.71. The van der Waals surface area contributed by atoms with Crippen molar-refractivity contribution in [1.82, 2.24) is 4.98 Å². The monoisotopic (exact) mass is 278 g/mol. The average Bonchev–Trinajstić information content (AvgIpc) is 2.63. The standard InChI is InChI=1S/C9H15BrN2OS/c1-2-13-5-8(10)9-12-7(3-4-11)6-14-9/h6,8H,2-5,11H2,1H3. The Morgan fingerprint density at radius 1 is 1.71 bits per heavy atom. The van der Waals surface area contributed by atoms with Crippen LogP contribution in [-0.2, 0) is 11.2 Å². The van der Waals surface area contributed by atoms with Crippen LogP contribution in [0, 0.1) is 0 Å². The first-order valence-electron chi connectivity index (χ1n) is 4.64. The molecule has 1 rings (SSSR count). The predicted molar refractivity (Wildman–Crippen MR) is 63.0 cm³/mol. The van der Waals surface area contributed by atoms with Crippen molar-refractivity contribution in [2.24, 2.45) is 5.73 Å². The van der Waals surface area contributed by atoms with Crippen LogP contribution >= 0.6 is 27.3 Å². The topological polar surface area (TPSA) is 48.1 Å². The van der Waals surface area contributed by atoms with Crippen LogP contribution in [0.2, 0.25) is 0 Å². The molecule has 0 amide bonds. The third kappa shape index (κ3) is 3.65. The molecule has 0 aliphatic heterocycles. The van der Waals surface area contributed by atoms with Gasteiger partial charge in [-0.05, 0) is 13.5 Å². The Kier molecular flexibility index (Phi) is 5.62. The summed E-state index contributed by atoms with van der Waals surface area (Å²) in [5, 5.41) is 3.13. The molecule has 0 fully saturated rings. The highest BCUT2D eigenvalue weighted by Crippen LogP contribution is 2.26. The quantitative estimate of drug-likeness (QED) is 0.811. The molecule has 0 radical (unpaired) electrons. The van der Waals surface area contributed by atoms with E-state index in [1.807, 2.05) is 6.92 Å². The smallest absolute Gasteiger partial charge is 0.109 e. The van der Waals surface area contributed by atoms with Gasteiger partial charge in [-0.25, -0.2) is 4.98 Å². The van der Waals surface area contributed by atoms with Crippen LogP contribution in [0.25, 0.3) is 0 Å². The molecule has 0 aliphatic carbocycles. The van der Waals surface area contributed by atoms with E-state index in [1.54, 1.807) is 11.3 Å². The molecule has 1 aromatic heterocycles. The first-order chi connectivity index (χ1) is 6.77. The third-order valence-corrected chi connectivity index (χ3v) is 3.71. The summed E-state index contributed by atoms with van der Waals surface area (Å²) in [4.78, 5) is 4.67. The van der Waals surface area contributed by atoms with Gasteiger partial charge in [0, 0.05) is 18.4 Å². The number of alkyl halides is 1. The molecule has 1 atom stereocenters. The van der Waals surface area contributed by atoms with E-state index in [0.717, 1.165) is 23.7 Å². The van der Waals surface area contributed by atoms with Gasteiger partial charge < -0.3 is 10.5 Å². The molecule has 14 heavy (non-hydrogen) atoms. The van der Waals surface area contributed by atoms with Crippen LogP contribution in [0.3, 0.4) is 0 Å². The summed E-state index contributed by atoms with van der Waals surface area (Å²) >= 11 is 5.20. The van der Waals surface area contributed by atoms with Crippen molar-refractivity contribution >= 4 is 27.3 Å². The molecular weight excluding hydrogens is 264 g/mol. The van der Waals surface area contributed by atoms with Crippen molar-refractivity contribution in [1.29, 1.82) is 0 Å². The molecule has 0 saturated carbocycles. The van der Waals surface area contributed by atoms with Crippen LogP contribution < -0.4 is 5.73 Å². The molecule has 0 bridgehead atoms. The minimum atomic E-state index is 0.207. The second-order valence-electron chi connectivity index (χ2n) is 2.84. The highest BCUT2D eigenvalue weighted by atomic mass is 79.9. The van der Waals surface area contributed by atoms with E-state index in [-0.39, 0.29) is 4.83 Å². The summed E-state index contributed by atoms with van der Waals surface area (Å²) in [7, 11) is 0. The molecule has 1 unspecified atom stereocenters.